The highest BCUT2D eigenvalue weighted by molar-refractivity contribution is 6.30. The zero-order valence-electron chi connectivity index (χ0n) is 9.63. The van der Waals surface area contributed by atoms with Gasteiger partial charge in [-0.15, -0.1) is 24.8 Å². The molecule has 0 saturated carbocycles. The van der Waals surface area contributed by atoms with Crippen molar-refractivity contribution in [3.05, 3.63) is 41.6 Å². The molecule has 1 aromatic carbocycles. The number of aromatic amines is 1. The van der Waals surface area contributed by atoms with Crippen molar-refractivity contribution in [2.45, 2.75) is 0 Å². The number of H-pyrrole nitrogens is 1. The molecule has 19 heavy (non-hydrogen) atoms. The second-order valence-corrected chi connectivity index (χ2v) is 4.16. The molecular weight excluding hydrogens is 307 g/mol. The molecule has 3 N–H and O–H groups in total. The fraction of sp³-hybridized carbons (Fsp3) is 0. The van der Waals surface area contributed by atoms with Gasteiger partial charge < -0.3 is 10.7 Å². The van der Waals surface area contributed by atoms with Crippen LogP contribution in [0.3, 0.4) is 0 Å². The third kappa shape index (κ3) is 3.10. The lowest BCUT2D eigenvalue weighted by molar-refractivity contribution is 1.24. The molecule has 0 amide bonds. The van der Waals surface area contributed by atoms with E-state index in [-0.39, 0.29) is 24.8 Å². The molecule has 4 nitrogen and oxygen atoms in total. The number of anilines is 1. The van der Waals surface area contributed by atoms with Gasteiger partial charge in [-0.3, -0.25) is 4.98 Å². The van der Waals surface area contributed by atoms with Gasteiger partial charge in [0.25, 0.3) is 0 Å². The van der Waals surface area contributed by atoms with Gasteiger partial charge in [-0.25, -0.2) is 4.98 Å². The number of imidazole rings is 1. The predicted octanol–water partition coefficient (Wildman–Crippen LogP) is 3.70. The van der Waals surface area contributed by atoms with Gasteiger partial charge in [0.1, 0.15) is 5.69 Å². The standard InChI is InChI=1S/C12H9ClN4.2ClH/c13-7-1-3-10(15-6-7)12-16-9-4-2-8(14)5-11(9)17-12;;/h1-6H,14H2,(H,16,17);2*1H. The molecule has 0 radical (unpaired) electrons. The fourth-order valence-electron chi connectivity index (χ4n) is 1.66. The first kappa shape index (κ1) is 15.6. The topological polar surface area (TPSA) is 67.6 Å². The molecule has 2 aromatic heterocycles. The highest BCUT2D eigenvalue weighted by Gasteiger charge is 2.06. The van der Waals surface area contributed by atoms with Gasteiger partial charge in [0.15, 0.2) is 5.82 Å². The second-order valence-electron chi connectivity index (χ2n) is 3.72. The van der Waals surface area contributed by atoms with Crippen molar-refractivity contribution in [2.24, 2.45) is 0 Å². The van der Waals surface area contributed by atoms with Crippen LogP contribution in [-0.2, 0) is 0 Å². The Balaban J connectivity index is 0.000000902. The Labute approximate surface area is 127 Å². The summed E-state index contributed by atoms with van der Waals surface area (Å²) in [6.07, 6.45) is 1.60. The van der Waals surface area contributed by atoms with E-state index in [9.17, 15) is 0 Å². The van der Waals surface area contributed by atoms with Crippen LogP contribution in [0.4, 0.5) is 5.69 Å². The quantitative estimate of drug-likeness (QED) is 0.672. The van der Waals surface area contributed by atoms with Crippen molar-refractivity contribution in [2.75, 3.05) is 5.73 Å². The van der Waals surface area contributed by atoms with Crippen molar-refractivity contribution >= 4 is 53.1 Å². The van der Waals surface area contributed by atoms with E-state index < -0.39 is 0 Å². The molecule has 0 unspecified atom stereocenters. The Kier molecular flexibility index (Phi) is 5.00. The third-order valence-electron chi connectivity index (χ3n) is 2.48. The Bertz CT molecular complexity index is 679. The summed E-state index contributed by atoms with van der Waals surface area (Å²) < 4.78 is 0. The first-order valence-corrected chi connectivity index (χ1v) is 5.47. The van der Waals surface area contributed by atoms with E-state index in [1.54, 1.807) is 12.3 Å². The number of nitrogens with one attached hydrogen (secondary N) is 1. The Hall–Kier alpha value is -1.49. The molecule has 7 heteroatoms. The SMILES string of the molecule is Cl.Cl.Nc1ccc2nc(-c3ccc(Cl)cn3)[nH]c2c1. The van der Waals surface area contributed by atoms with Crippen LogP contribution in [0.5, 0.6) is 0 Å². The summed E-state index contributed by atoms with van der Waals surface area (Å²) in [6.45, 7) is 0. The number of hydrogen-bond donors (Lipinski definition) is 2. The monoisotopic (exact) mass is 316 g/mol. The van der Waals surface area contributed by atoms with E-state index in [0.29, 0.717) is 16.5 Å². The first-order valence-electron chi connectivity index (χ1n) is 5.09. The van der Waals surface area contributed by atoms with Crippen LogP contribution in [0.1, 0.15) is 0 Å². The maximum absolute atomic E-state index is 5.79. The number of pyridine rings is 1. The maximum atomic E-state index is 5.79. The van der Waals surface area contributed by atoms with Crippen LogP contribution >= 0.6 is 36.4 Å². The van der Waals surface area contributed by atoms with Crippen molar-refractivity contribution < 1.29 is 0 Å². The smallest absolute Gasteiger partial charge is 0.157 e. The second kappa shape index (κ2) is 6.10. The summed E-state index contributed by atoms with van der Waals surface area (Å²) in [7, 11) is 0. The lowest BCUT2D eigenvalue weighted by Gasteiger charge is -1.94. The van der Waals surface area contributed by atoms with Gasteiger partial charge >= 0.3 is 0 Å². The number of nitrogens with zero attached hydrogens (tertiary/aromatic N) is 2. The number of nitrogens with two attached hydrogens (primary N) is 1. The number of nitrogen functional groups attached to an aromatic ring is 1. The molecule has 3 aromatic rings. The molecule has 0 bridgehead atoms. The molecule has 0 aliphatic rings. The molecule has 100 valence electrons. The van der Waals surface area contributed by atoms with E-state index in [2.05, 4.69) is 15.0 Å². The summed E-state index contributed by atoms with van der Waals surface area (Å²) in [6, 6.07) is 9.15. The minimum absolute atomic E-state index is 0. The van der Waals surface area contributed by atoms with Crippen LogP contribution in [-0.4, -0.2) is 15.0 Å². The summed E-state index contributed by atoms with van der Waals surface area (Å²) in [5, 5.41) is 0.606. The number of benzene rings is 1. The molecule has 0 aliphatic carbocycles. The summed E-state index contributed by atoms with van der Waals surface area (Å²) in [4.78, 5) is 11.8. The van der Waals surface area contributed by atoms with E-state index in [0.717, 1.165) is 16.7 Å². The summed E-state index contributed by atoms with van der Waals surface area (Å²) in [5.74, 6) is 0.710. The molecular formula is C12H11Cl3N4. The van der Waals surface area contributed by atoms with Crippen molar-refractivity contribution in [3.8, 4) is 11.5 Å². The number of rotatable bonds is 1. The van der Waals surface area contributed by atoms with Crippen molar-refractivity contribution in [1.82, 2.24) is 15.0 Å². The van der Waals surface area contributed by atoms with Gasteiger partial charge in [0.05, 0.1) is 16.1 Å². The third-order valence-corrected chi connectivity index (χ3v) is 2.70. The first-order chi connectivity index (χ1) is 8.22. The number of fused-ring (bicyclic) bond motifs is 1. The lowest BCUT2D eigenvalue weighted by Crippen LogP contribution is -1.84. The normalized spacial score (nSPS) is 9.74. The molecule has 0 aliphatic heterocycles. The lowest BCUT2D eigenvalue weighted by atomic mass is 10.3. The highest BCUT2D eigenvalue weighted by Crippen LogP contribution is 2.21. The molecule has 2 heterocycles. The van der Waals surface area contributed by atoms with E-state index in [1.807, 2.05) is 24.3 Å². The largest absolute Gasteiger partial charge is 0.399 e. The molecule has 0 atom stereocenters. The fourth-order valence-corrected chi connectivity index (χ4v) is 1.78. The van der Waals surface area contributed by atoms with E-state index in [4.69, 9.17) is 17.3 Å². The molecule has 0 saturated heterocycles. The van der Waals surface area contributed by atoms with Gasteiger partial charge in [-0.05, 0) is 30.3 Å². The summed E-state index contributed by atoms with van der Waals surface area (Å²) in [5.41, 5.74) is 8.94. The average Bonchev–Trinajstić information content (AvgIpc) is 2.72. The predicted molar refractivity (Wildman–Crippen MR) is 83.2 cm³/mol. The van der Waals surface area contributed by atoms with Gasteiger partial charge in [0, 0.05) is 11.9 Å². The van der Waals surface area contributed by atoms with Crippen LogP contribution in [0.2, 0.25) is 5.02 Å². The summed E-state index contributed by atoms with van der Waals surface area (Å²) >= 11 is 5.79. The van der Waals surface area contributed by atoms with Crippen molar-refractivity contribution in [3.63, 3.8) is 0 Å². The molecule has 3 rings (SSSR count). The Morgan fingerprint density at radius 1 is 1.11 bits per heavy atom. The van der Waals surface area contributed by atoms with Crippen LogP contribution in [0.15, 0.2) is 36.5 Å². The Morgan fingerprint density at radius 2 is 1.89 bits per heavy atom. The van der Waals surface area contributed by atoms with Crippen LogP contribution in [0.25, 0.3) is 22.6 Å². The minimum Gasteiger partial charge on any atom is -0.399 e. The highest BCUT2D eigenvalue weighted by atomic mass is 35.5. The van der Waals surface area contributed by atoms with Crippen LogP contribution < -0.4 is 5.73 Å². The van der Waals surface area contributed by atoms with E-state index >= 15 is 0 Å². The van der Waals surface area contributed by atoms with Gasteiger partial charge in [-0.2, -0.15) is 0 Å². The maximum Gasteiger partial charge on any atom is 0.157 e. The van der Waals surface area contributed by atoms with Crippen molar-refractivity contribution in [1.29, 1.82) is 0 Å². The Morgan fingerprint density at radius 3 is 2.58 bits per heavy atom. The van der Waals surface area contributed by atoms with Crippen LogP contribution in [0, 0.1) is 0 Å². The molecule has 0 fully saturated rings. The average molecular weight is 318 g/mol. The van der Waals surface area contributed by atoms with Gasteiger partial charge in [0.2, 0.25) is 0 Å². The zero-order valence-corrected chi connectivity index (χ0v) is 12.0. The zero-order chi connectivity index (χ0) is 11.8. The van der Waals surface area contributed by atoms with E-state index in [1.165, 1.54) is 0 Å². The number of halogens is 3. The van der Waals surface area contributed by atoms with Gasteiger partial charge in [-0.1, -0.05) is 11.6 Å². The number of aromatic nitrogens is 3. The molecule has 0 spiro atoms. The minimum atomic E-state index is 0. The number of hydrogen-bond acceptors (Lipinski definition) is 3.